The van der Waals surface area contributed by atoms with Crippen LogP contribution in [0.3, 0.4) is 0 Å². The highest BCUT2D eigenvalue weighted by Crippen LogP contribution is 2.33. The van der Waals surface area contributed by atoms with Gasteiger partial charge in [0.25, 0.3) is 0 Å². The zero-order valence-corrected chi connectivity index (χ0v) is 9.54. The second-order valence-corrected chi connectivity index (χ2v) is 5.18. The Morgan fingerprint density at radius 2 is 1.77 bits per heavy atom. The molecule has 1 aromatic rings. The van der Waals surface area contributed by atoms with Crippen LogP contribution in [0.2, 0.25) is 5.54 Å². The lowest BCUT2D eigenvalue weighted by molar-refractivity contribution is 0.501. The molecule has 0 aliphatic rings. The lowest BCUT2D eigenvalue weighted by atomic mass is 9.82. The van der Waals surface area contributed by atoms with E-state index in [4.69, 9.17) is 5.40 Å². The Labute approximate surface area is 83.3 Å². The van der Waals surface area contributed by atoms with E-state index in [2.05, 4.69) is 51.1 Å². The third kappa shape index (κ3) is 2.20. The molecule has 0 heterocycles. The van der Waals surface area contributed by atoms with E-state index in [9.17, 15) is 0 Å². The van der Waals surface area contributed by atoms with Crippen LogP contribution in [0.5, 0.6) is 0 Å². The molecule has 1 nitrogen and oxygen atoms in total. The predicted molar refractivity (Wildman–Crippen MR) is 58.8 cm³/mol. The molecule has 0 aliphatic carbocycles. The van der Waals surface area contributed by atoms with E-state index < -0.39 is 0 Å². The number of hydrogen-bond acceptors (Lipinski definition) is 1. The fourth-order valence-electron chi connectivity index (χ4n) is 1.33. The van der Waals surface area contributed by atoms with Crippen molar-refractivity contribution in [3.8, 4) is 0 Å². The van der Waals surface area contributed by atoms with E-state index in [0.29, 0.717) is 15.2 Å². The number of rotatable bonds is 3. The topological polar surface area (TPSA) is 26.0 Å². The minimum Gasteiger partial charge on any atom is -0.353 e. The van der Waals surface area contributed by atoms with Crippen molar-refractivity contribution in [2.24, 2.45) is 5.40 Å². The summed E-state index contributed by atoms with van der Waals surface area (Å²) in [7, 11) is 0.508. The van der Waals surface area contributed by atoms with Gasteiger partial charge in [-0.3, -0.25) is 0 Å². The highest BCUT2D eigenvalue weighted by atomic mass is 28.2. The molecule has 2 N–H and O–H groups in total. The molecule has 1 atom stereocenters. The minimum absolute atomic E-state index is 0.189. The summed E-state index contributed by atoms with van der Waals surface area (Å²) >= 11 is 0. The van der Waals surface area contributed by atoms with Crippen LogP contribution in [0, 0.1) is 0 Å². The average Bonchev–Trinajstić information content (AvgIpc) is 2.18. The second kappa shape index (κ2) is 4.07. The van der Waals surface area contributed by atoms with Gasteiger partial charge in [-0.2, -0.15) is 0 Å². The van der Waals surface area contributed by atoms with E-state index in [-0.39, 0.29) is 5.41 Å². The molecule has 2 heteroatoms. The summed E-state index contributed by atoms with van der Waals surface area (Å²) in [5.41, 5.74) is 2.10. The third-order valence-electron chi connectivity index (χ3n) is 2.85. The van der Waals surface area contributed by atoms with E-state index >= 15 is 0 Å². The smallest absolute Gasteiger partial charge is 0.140 e. The minimum atomic E-state index is 0.189. The molecule has 0 saturated heterocycles. The van der Waals surface area contributed by atoms with Gasteiger partial charge in [-0.15, -0.1) is 0 Å². The molecule has 0 aliphatic heterocycles. The Kier molecular flexibility index (Phi) is 3.28. The fraction of sp³-hybridized carbons (Fsp3) is 0.455. The molecule has 0 aromatic heterocycles. The molecule has 1 aromatic carbocycles. The Bertz CT molecular complexity index is 256. The molecule has 0 spiro atoms. The van der Waals surface area contributed by atoms with Gasteiger partial charge in [0.15, 0.2) is 0 Å². The lowest BCUT2D eigenvalue weighted by Crippen LogP contribution is -2.29. The summed E-state index contributed by atoms with van der Waals surface area (Å²) in [4.78, 5) is 0. The maximum atomic E-state index is 5.72. The van der Waals surface area contributed by atoms with Crippen molar-refractivity contribution in [3.05, 3.63) is 35.9 Å². The first-order valence-corrected chi connectivity index (χ1v) is 5.76. The molecule has 0 bridgehead atoms. The lowest BCUT2D eigenvalue weighted by Gasteiger charge is -2.31. The Morgan fingerprint density at radius 1 is 1.23 bits per heavy atom. The molecule has 2 radical (unpaired) electrons. The number of benzene rings is 1. The highest BCUT2D eigenvalue weighted by Gasteiger charge is 2.26. The van der Waals surface area contributed by atoms with Gasteiger partial charge in [-0.25, -0.2) is 0 Å². The summed E-state index contributed by atoms with van der Waals surface area (Å²) in [5, 5.41) is 5.72. The zero-order valence-electron chi connectivity index (χ0n) is 8.54. The predicted octanol–water partition coefficient (Wildman–Crippen LogP) is 2.35. The van der Waals surface area contributed by atoms with Gasteiger partial charge in [0.2, 0.25) is 0 Å². The van der Waals surface area contributed by atoms with Crippen molar-refractivity contribution in [1.82, 2.24) is 0 Å². The van der Waals surface area contributed by atoms with E-state index in [0.717, 1.165) is 0 Å². The van der Waals surface area contributed by atoms with Crippen molar-refractivity contribution < 1.29 is 0 Å². The first-order valence-electron chi connectivity index (χ1n) is 4.60. The van der Waals surface area contributed by atoms with Crippen LogP contribution in [-0.4, -0.2) is 9.68 Å². The second-order valence-electron chi connectivity index (χ2n) is 3.98. The maximum absolute atomic E-state index is 5.72. The first-order chi connectivity index (χ1) is 6.09. The molecule has 13 heavy (non-hydrogen) atoms. The van der Waals surface area contributed by atoms with Gasteiger partial charge >= 0.3 is 0 Å². The van der Waals surface area contributed by atoms with Crippen LogP contribution in [0.1, 0.15) is 26.3 Å². The summed E-state index contributed by atoms with van der Waals surface area (Å²) in [6, 6.07) is 10.6. The van der Waals surface area contributed by atoms with Crippen LogP contribution in [0.25, 0.3) is 0 Å². The largest absolute Gasteiger partial charge is 0.353 e. The van der Waals surface area contributed by atoms with Gasteiger partial charge in [-0.1, -0.05) is 51.1 Å². The van der Waals surface area contributed by atoms with E-state index in [1.807, 2.05) is 0 Å². The Morgan fingerprint density at radius 3 is 2.23 bits per heavy atom. The maximum Gasteiger partial charge on any atom is 0.140 e. The van der Waals surface area contributed by atoms with E-state index in [1.165, 1.54) is 5.56 Å². The highest BCUT2D eigenvalue weighted by molar-refractivity contribution is 6.33. The van der Waals surface area contributed by atoms with Crippen molar-refractivity contribution >= 4 is 9.68 Å². The molecule has 0 fully saturated rings. The van der Waals surface area contributed by atoms with Gasteiger partial charge in [-0.05, 0) is 16.5 Å². The standard InChI is InChI=1S/C11H17NSi/c1-9(13-12)11(2,3)10-7-5-4-6-8-10/h4-9H,12H2,1-3H3. The van der Waals surface area contributed by atoms with Crippen molar-refractivity contribution in [2.45, 2.75) is 31.7 Å². The molecule has 1 rings (SSSR count). The van der Waals surface area contributed by atoms with Crippen molar-refractivity contribution in [3.63, 3.8) is 0 Å². The van der Waals surface area contributed by atoms with Gasteiger partial charge in [0, 0.05) is 0 Å². The van der Waals surface area contributed by atoms with Gasteiger partial charge < -0.3 is 5.40 Å². The first kappa shape index (κ1) is 10.5. The number of hydrogen-bond donors (Lipinski definition) is 1. The normalized spacial score (nSPS) is 14.2. The monoisotopic (exact) mass is 191 g/mol. The average molecular weight is 191 g/mol. The van der Waals surface area contributed by atoms with Crippen LogP contribution in [0.15, 0.2) is 30.3 Å². The SMILES string of the molecule is CC([Si]N)C(C)(C)c1ccccc1. The summed E-state index contributed by atoms with van der Waals surface area (Å²) in [6.07, 6.45) is 0. The van der Waals surface area contributed by atoms with Crippen LogP contribution < -0.4 is 5.40 Å². The summed E-state index contributed by atoms with van der Waals surface area (Å²) < 4.78 is 0. The van der Waals surface area contributed by atoms with Crippen molar-refractivity contribution in [1.29, 1.82) is 0 Å². The molecular formula is C11H17NSi. The molecule has 1 unspecified atom stereocenters. The third-order valence-corrected chi connectivity index (χ3v) is 4.07. The molecule has 0 amide bonds. The van der Waals surface area contributed by atoms with Crippen molar-refractivity contribution in [2.75, 3.05) is 0 Å². The van der Waals surface area contributed by atoms with Crippen LogP contribution in [-0.2, 0) is 5.41 Å². The number of nitrogens with two attached hydrogens (primary N) is 1. The summed E-state index contributed by atoms with van der Waals surface area (Å²) in [6.45, 7) is 6.73. The quantitative estimate of drug-likeness (QED) is 0.729. The molecule has 70 valence electrons. The Hall–Kier alpha value is -0.603. The molecule has 0 saturated carbocycles. The van der Waals surface area contributed by atoms with Gasteiger partial charge in [0.05, 0.1) is 0 Å². The Balaban J connectivity index is 2.93. The fourth-order valence-corrected chi connectivity index (χ4v) is 1.91. The van der Waals surface area contributed by atoms with Crippen LogP contribution in [0.4, 0.5) is 0 Å². The summed E-state index contributed by atoms with van der Waals surface area (Å²) in [5.74, 6) is 0. The van der Waals surface area contributed by atoms with E-state index in [1.54, 1.807) is 0 Å². The van der Waals surface area contributed by atoms with Crippen LogP contribution >= 0.6 is 0 Å². The molecular weight excluding hydrogens is 174 g/mol. The zero-order chi connectivity index (χ0) is 9.90. The van der Waals surface area contributed by atoms with Gasteiger partial charge in [0.1, 0.15) is 9.68 Å².